The molecule has 1 aromatic rings. The highest BCUT2D eigenvalue weighted by Gasteiger charge is 2.09. The molecule has 3 nitrogen and oxygen atoms in total. The molecule has 1 unspecified atom stereocenters. The molecule has 78 valence electrons. The first-order valence-electron chi connectivity index (χ1n) is 3.88. The Labute approximate surface area is 96.2 Å². The summed E-state index contributed by atoms with van der Waals surface area (Å²) >= 11 is 11.4. The molecule has 0 aliphatic rings. The van der Waals surface area contributed by atoms with Gasteiger partial charge >= 0.3 is 5.97 Å². The molecule has 0 amide bonds. The molecule has 2 N–H and O–H groups in total. The maximum atomic E-state index is 10.1. The van der Waals surface area contributed by atoms with Crippen molar-refractivity contribution >= 4 is 29.2 Å². The summed E-state index contributed by atoms with van der Waals surface area (Å²) in [7, 11) is 0. The second-order valence-corrected chi connectivity index (χ2v) is 3.49. The summed E-state index contributed by atoms with van der Waals surface area (Å²) in [4.78, 5) is 10.1. The Morgan fingerprint density at radius 2 is 2.07 bits per heavy atom. The van der Waals surface area contributed by atoms with E-state index in [1.807, 2.05) is 5.92 Å². The van der Waals surface area contributed by atoms with Gasteiger partial charge in [0.2, 0.25) is 0 Å². The lowest BCUT2D eigenvalue weighted by molar-refractivity contribution is -0.130. The highest BCUT2D eigenvalue weighted by atomic mass is 35.5. The maximum absolute atomic E-state index is 10.1. The van der Waals surface area contributed by atoms with E-state index in [-0.39, 0.29) is 5.02 Å². The molecule has 0 bridgehead atoms. The van der Waals surface area contributed by atoms with Gasteiger partial charge in [0.25, 0.3) is 0 Å². The zero-order valence-corrected chi connectivity index (χ0v) is 8.88. The van der Waals surface area contributed by atoms with Crippen molar-refractivity contribution in [1.82, 2.24) is 0 Å². The van der Waals surface area contributed by atoms with Crippen molar-refractivity contribution in [3.8, 4) is 11.8 Å². The van der Waals surface area contributed by atoms with Gasteiger partial charge in [-0.1, -0.05) is 35.2 Å². The van der Waals surface area contributed by atoms with Crippen molar-refractivity contribution in [3.63, 3.8) is 0 Å². The molecule has 0 radical (unpaired) electrons. The third kappa shape index (κ3) is 3.45. The zero-order valence-electron chi connectivity index (χ0n) is 7.37. The van der Waals surface area contributed by atoms with Crippen molar-refractivity contribution in [2.24, 2.45) is 0 Å². The van der Waals surface area contributed by atoms with Crippen molar-refractivity contribution in [2.75, 3.05) is 0 Å². The van der Waals surface area contributed by atoms with Crippen LogP contribution < -0.4 is 0 Å². The topological polar surface area (TPSA) is 57.5 Å². The second-order valence-electron chi connectivity index (χ2n) is 2.64. The molecule has 0 fully saturated rings. The summed E-state index contributed by atoms with van der Waals surface area (Å²) in [5.41, 5.74) is 0.329. The van der Waals surface area contributed by atoms with Crippen molar-refractivity contribution in [2.45, 2.75) is 6.10 Å². The second kappa shape index (κ2) is 5.04. The number of hydrogen-bond acceptors (Lipinski definition) is 2. The number of benzene rings is 1. The van der Waals surface area contributed by atoms with Gasteiger partial charge in [0.05, 0.1) is 0 Å². The first-order chi connectivity index (χ1) is 7.00. The Morgan fingerprint density at radius 1 is 1.40 bits per heavy atom. The van der Waals surface area contributed by atoms with Gasteiger partial charge in [0.1, 0.15) is 6.10 Å². The van der Waals surface area contributed by atoms with Crippen LogP contribution in [0.15, 0.2) is 18.2 Å². The third-order valence-electron chi connectivity index (χ3n) is 1.57. The summed E-state index contributed by atoms with van der Waals surface area (Å²) < 4.78 is 0. The lowest BCUT2D eigenvalue weighted by Crippen LogP contribution is -1.96. The van der Waals surface area contributed by atoms with E-state index < -0.39 is 12.1 Å². The van der Waals surface area contributed by atoms with E-state index >= 15 is 0 Å². The quantitative estimate of drug-likeness (QED) is 0.745. The van der Waals surface area contributed by atoms with Gasteiger partial charge in [-0.15, -0.1) is 0 Å². The number of rotatable bonds is 1. The largest absolute Gasteiger partial charge is 0.472 e. The van der Waals surface area contributed by atoms with Crippen molar-refractivity contribution < 1.29 is 15.0 Å². The fourth-order valence-electron chi connectivity index (χ4n) is 0.931. The Hall–Kier alpha value is -1.21. The molecule has 1 rings (SSSR count). The van der Waals surface area contributed by atoms with Gasteiger partial charge in [-0.3, -0.25) is 0 Å². The fourth-order valence-corrected chi connectivity index (χ4v) is 1.44. The predicted molar refractivity (Wildman–Crippen MR) is 56.8 cm³/mol. The Balaban J connectivity index is 2.98. The Morgan fingerprint density at radius 3 is 2.60 bits per heavy atom. The summed E-state index contributed by atoms with van der Waals surface area (Å²) in [6, 6.07) is 4.48. The van der Waals surface area contributed by atoms with Gasteiger partial charge in [-0.2, -0.15) is 0 Å². The number of carbonyl (C=O) groups is 1. The number of aliphatic hydroxyl groups excluding tert-OH is 1. The minimum atomic E-state index is -1.31. The number of aliphatic hydroxyl groups is 1. The van der Waals surface area contributed by atoms with E-state index in [2.05, 4.69) is 5.92 Å². The lowest BCUT2D eigenvalue weighted by Gasteiger charge is -2.05. The molecule has 15 heavy (non-hydrogen) atoms. The van der Waals surface area contributed by atoms with E-state index in [1.54, 1.807) is 0 Å². The van der Waals surface area contributed by atoms with Gasteiger partial charge in [-0.25, -0.2) is 4.79 Å². The lowest BCUT2D eigenvalue weighted by atomic mass is 10.1. The average molecular weight is 245 g/mol. The number of carboxylic acid groups (broad SMARTS) is 1. The molecular weight excluding hydrogens is 239 g/mol. The number of hydrogen-bond donors (Lipinski definition) is 2. The van der Waals surface area contributed by atoms with Crippen molar-refractivity contribution in [3.05, 3.63) is 33.8 Å². The average Bonchev–Trinajstić information content (AvgIpc) is 2.14. The molecule has 0 saturated carbocycles. The highest BCUT2D eigenvalue weighted by Crippen LogP contribution is 2.25. The van der Waals surface area contributed by atoms with Crippen LogP contribution in [0.5, 0.6) is 0 Å². The monoisotopic (exact) mass is 244 g/mol. The van der Waals surface area contributed by atoms with Crippen LogP contribution in [-0.4, -0.2) is 16.2 Å². The fraction of sp³-hybridized carbons (Fsp3) is 0.100. The van der Waals surface area contributed by atoms with Gasteiger partial charge in [0.15, 0.2) is 0 Å². The maximum Gasteiger partial charge on any atom is 0.382 e. The normalized spacial score (nSPS) is 11.4. The third-order valence-corrected chi connectivity index (χ3v) is 2.14. The van der Waals surface area contributed by atoms with Gasteiger partial charge in [0, 0.05) is 21.5 Å². The summed E-state index contributed by atoms with van der Waals surface area (Å²) in [5, 5.41) is 18.4. The van der Waals surface area contributed by atoms with E-state index in [0.717, 1.165) is 0 Å². The smallest absolute Gasteiger partial charge is 0.382 e. The SMILES string of the molecule is O=C(O)C#CC(O)c1ccc(Cl)cc1Cl. The van der Waals surface area contributed by atoms with Crippen LogP contribution in [0.1, 0.15) is 11.7 Å². The van der Waals surface area contributed by atoms with Crippen LogP contribution in [0.2, 0.25) is 10.0 Å². The van der Waals surface area contributed by atoms with Crippen LogP contribution >= 0.6 is 23.2 Å². The molecule has 0 saturated heterocycles. The summed E-state index contributed by atoms with van der Waals surface area (Å²) in [6.07, 6.45) is -1.23. The molecule has 1 aromatic carbocycles. The van der Waals surface area contributed by atoms with Crippen LogP contribution in [0.4, 0.5) is 0 Å². The van der Waals surface area contributed by atoms with Crippen molar-refractivity contribution in [1.29, 1.82) is 0 Å². The first-order valence-corrected chi connectivity index (χ1v) is 4.64. The molecule has 0 aliphatic carbocycles. The first kappa shape index (κ1) is 11.9. The minimum Gasteiger partial charge on any atom is -0.472 e. The molecule has 0 heterocycles. The summed E-state index contributed by atoms with van der Waals surface area (Å²) in [5.74, 6) is 2.64. The Kier molecular flexibility index (Phi) is 3.98. The molecule has 0 aromatic heterocycles. The van der Waals surface area contributed by atoms with Gasteiger partial charge in [-0.05, 0) is 12.1 Å². The molecule has 1 atom stereocenters. The number of carboxylic acids is 1. The van der Waals surface area contributed by atoms with Gasteiger partial charge < -0.3 is 10.2 Å². The molecule has 0 spiro atoms. The number of aliphatic carboxylic acids is 1. The van der Waals surface area contributed by atoms with E-state index in [4.69, 9.17) is 28.3 Å². The van der Waals surface area contributed by atoms with Crippen LogP contribution in [0, 0.1) is 11.8 Å². The van der Waals surface area contributed by atoms with Crippen LogP contribution in [0.25, 0.3) is 0 Å². The molecule has 5 heteroatoms. The minimum absolute atomic E-state index is 0.245. The zero-order chi connectivity index (χ0) is 11.4. The van der Waals surface area contributed by atoms with E-state index in [9.17, 15) is 9.90 Å². The van der Waals surface area contributed by atoms with Crippen LogP contribution in [0.3, 0.4) is 0 Å². The molecule has 0 aliphatic heterocycles. The summed E-state index contributed by atoms with van der Waals surface area (Å²) in [6.45, 7) is 0. The highest BCUT2D eigenvalue weighted by molar-refractivity contribution is 6.35. The standard InChI is InChI=1S/C10H6Cl2O3/c11-6-1-2-7(8(12)5-6)9(13)3-4-10(14)15/h1-2,5,9,13H,(H,14,15). The van der Waals surface area contributed by atoms with Crippen LogP contribution in [-0.2, 0) is 4.79 Å². The number of halogens is 2. The Bertz CT molecular complexity index is 446. The predicted octanol–water partition coefficient (Wildman–Crippen LogP) is 2.11. The molecular formula is C10H6Cl2O3. The van der Waals surface area contributed by atoms with E-state index in [1.165, 1.54) is 18.2 Å². The van der Waals surface area contributed by atoms with E-state index in [0.29, 0.717) is 10.6 Å².